The van der Waals surface area contributed by atoms with Gasteiger partial charge in [0.1, 0.15) is 0 Å². The Kier molecular flexibility index (Phi) is 5.44. The molecule has 21 heavy (non-hydrogen) atoms. The zero-order valence-corrected chi connectivity index (χ0v) is 13.6. The van der Waals surface area contributed by atoms with Crippen LogP contribution in [0.25, 0.3) is 0 Å². The SMILES string of the molecule is Cc1cc(C(=O)NC2(C)CCCCC2)sc1C#CCCO. The summed E-state index contributed by atoms with van der Waals surface area (Å²) in [5.74, 6) is 5.96. The summed E-state index contributed by atoms with van der Waals surface area (Å²) in [5, 5.41) is 12.0. The van der Waals surface area contributed by atoms with Crippen LogP contribution in [0.15, 0.2) is 6.07 Å². The van der Waals surface area contributed by atoms with Crippen LogP contribution < -0.4 is 5.32 Å². The molecule has 1 fully saturated rings. The van der Waals surface area contributed by atoms with Crippen molar-refractivity contribution in [1.29, 1.82) is 0 Å². The zero-order chi connectivity index (χ0) is 15.3. The van der Waals surface area contributed by atoms with E-state index in [9.17, 15) is 4.79 Å². The lowest BCUT2D eigenvalue weighted by atomic mass is 9.83. The molecular formula is C17H23NO2S. The molecule has 1 aromatic heterocycles. The third-order valence-electron chi connectivity index (χ3n) is 3.95. The van der Waals surface area contributed by atoms with Gasteiger partial charge in [-0.25, -0.2) is 0 Å². The summed E-state index contributed by atoms with van der Waals surface area (Å²) >= 11 is 1.44. The molecule has 1 aromatic rings. The van der Waals surface area contributed by atoms with E-state index in [0.29, 0.717) is 6.42 Å². The van der Waals surface area contributed by atoms with Gasteiger partial charge in [0.05, 0.1) is 16.4 Å². The number of carbonyl (C=O) groups excluding carboxylic acids is 1. The summed E-state index contributed by atoms with van der Waals surface area (Å²) < 4.78 is 0. The first kappa shape index (κ1) is 16.1. The first-order valence-corrected chi connectivity index (χ1v) is 8.38. The van der Waals surface area contributed by atoms with E-state index in [2.05, 4.69) is 24.1 Å². The lowest BCUT2D eigenvalue weighted by Gasteiger charge is -2.34. The van der Waals surface area contributed by atoms with Crippen LogP contribution in [0.2, 0.25) is 0 Å². The van der Waals surface area contributed by atoms with Crippen LogP contribution >= 0.6 is 11.3 Å². The second-order valence-corrected chi connectivity index (χ2v) is 7.03. The second kappa shape index (κ2) is 7.11. The maximum absolute atomic E-state index is 12.4. The summed E-state index contributed by atoms with van der Waals surface area (Å²) in [6, 6.07) is 1.91. The monoisotopic (exact) mass is 305 g/mol. The highest BCUT2D eigenvalue weighted by molar-refractivity contribution is 7.14. The van der Waals surface area contributed by atoms with E-state index in [1.165, 1.54) is 30.6 Å². The minimum Gasteiger partial charge on any atom is -0.395 e. The molecule has 0 atom stereocenters. The van der Waals surface area contributed by atoms with E-state index < -0.39 is 0 Å². The van der Waals surface area contributed by atoms with Crippen molar-refractivity contribution in [2.45, 2.75) is 57.9 Å². The van der Waals surface area contributed by atoms with Gasteiger partial charge < -0.3 is 10.4 Å². The fraction of sp³-hybridized carbons (Fsp3) is 0.588. The number of hydrogen-bond donors (Lipinski definition) is 2. The molecule has 3 nitrogen and oxygen atoms in total. The molecule has 0 unspecified atom stereocenters. The summed E-state index contributed by atoms with van der Waals surface area (Å²) in [4.78, 5) is 14.1. The fourth-order valence-corrected chi connectivity index (χ4v) is 3.65. The van der Waals surface area contributed by atoms with Crippen LogP contribution in [0.4, 0.5) is 0 Å². The number of aliphatic hydroxyl groups excluding tert-OH is 1. The van der Waals surface area contributed by atoms with Gasteiger partial charge >= 0.3 is 0 Å². The number of rotatable bonds is 3. The third kappa shape index (κ3) is 4.33. The number of carbonyl (C=O) groups is 1. The molecule has 4 heteroatoms. The number of amides is 1. The summed E-state index contributed by atoms with van der Waals surface area (Å²) in [5.41, 5.74) is 0.972. The lowest BCUT2D eigenvalue weighted by Crippen LogP contribution is -2.47. The Labute approximate surface area is 130 Å². The van der Waals surface area contributed by atoms with Gasteiger partial charge in [-0.3, -0.25) is 4.79 Å². The van der Waals surface area contributed by atoms with Crippen LogP contribution in [0, 0.1) is 18.8 Å². The molecule has 1 aliphatic carbocycles. The molecule has 1 amide bonds. The van der Waals surface area contributed by atoms with E-state index in [1.54, 1.807) is 0 Å². The molecule has 2 rings (SSSR count). The molecule has 1 aliphatic rings. The van der Waals surface area contributed by atoms with Crippen LogP contribution in [-0.4, -0.2) is 23.2 Å². The molecule has 0 radical (unpaired) electrons. The summed E-state index contributed by atoms with van der Waals surface area (Å²) in [6.45, 7) is 4.19. The van der Waals surface area contributed by atoms with Gasteiger partial charge in [0, 0.05) is 12.0 Å². The topological polar surface area (TPSA) is 49.3 Å². The summed E-state index contributed by atoms with van der Waals surface area (Å²) in [7, 11) is 0. The molecule has 114 valence electrons. The zero-order valence-electron chi connectivity index (χ0n) is 12.8. The van der Waals surface area contributed by atoms with Crippen LogP contribution in [0.1, 0.15) is 65.6 Å². The van der Waals surface area contributed by atoms with Crippen LogP contribution in [0.5, 0.6) is 0 Å². The molecule has 1 saturated carbocycles. The molecule has 0 saturated heterocycles. The Morgan fingerprint density at radius 2 is 2.14 bits per heavy atom. The van der Waals surface area contributed by atoms with E-state index >= 15 is 0 Å². The van der Waals surface area contributed by atoms with E-state index in [1.807, 2.05) is 13.0 Å². The van der Waals surface area contributed by atoms with Crippen molar-refractivity contribution in [2.24, 2.45) is 0 Å². The van der Waals surface area contributed by atoms with Gasteiger partial charge in [0.15, 0.2) is 0 Å². The number of nitrogens with one attached hydrogen (secondary N) is 1. The van der Waals surface area contributed by atoms with Gasteiger partial charge in [-0.1, -0.05) is 31.1 Å². The van der Waals surface area contributed by atoms with Gasteiger partial charge in [-0.2, -0.15) is 0 Å². The number of aryl methyl sites for hydroxylation is 1. The van der Waals surface area contributed by atoms with Crippen molar-refractivity contribution < 1.29 is 9.90 Å². The van der Waals surface area contributed by atoms with E-state index in [0.717, 1.165) is 28.2 Å². The highest BCUT2D eigenvalue weighted by Crippen LogP contribution is 2.29. The molecule has 1 heterocycles. The smallest absolute Gasteiger partial charge is 0.261 e. The Bertz CT molecular complexity index is 559. The minimum atomic E-state index is -0.0596. The number of aliphatic hydroxyl groups is 1. The first-order valence-electron chi connectivity index (χ1n) is 7.57. The second-order valence-electron chi connectivity index (χ2n) is 5.97. The minimum absolute atomic E-state index is 0.0164. The van der Waals surface area contributed by atoms with Gasteiger partial charge in [0.2, 0.25) is 0 Å². The molecule has 2 N–H and O–H groups in total. The van der Waals surface area contributed by atoms with Crippen molar-refractivity contribution >= 4 is 17.2 Å². The highest BCUT2D eigenvalue weighted by atomic mass is 32.1. The molecule has 0 bridgehead atoms. The average Bonchev–Trinajstić information content (AvgIpc) is 2.81. The first-order chi connectivity index (χ1) is 10.0. The maximum Gasteiger partial charge on any atom is 0.261 e. The average molecular weight is 305 g/mol. The van der Waals surface area contributed by atoms with Crippen molar-refractivity contribution in [2.75, 3.05) is 6.61 Å². The van der Waals surface area contributed by atoms with Crippen molar-refractivity contribution in [1.82, 2.24) is 5.32 Å². The fourth-order valence-electron chi connectivity index (χ4n) is 2.71. The predicted molar refractivity (Wildman–Crippen MR) is 86.6 cm³/mol. The van der Waals surface area contributed by atoms with Crippen molar-refractivity contribution in [3.63, 3.8) is 0 Å². The van der Waals surface area contributed by atoms with E-state index in [-0.39, 0.29) is 18.1 Å². The maximum atomic E-state index is 12.4. The Morgan fingerprint density at radius 3 is 2.81 bits per heavy atom. The van der Waals surface area contributed by atoms with Crippen LogP contribution in [0.3, 0.4) is 0 Å². The molecule has 0 spiro atoms. The Balaban J connectivity index is 2.06. The van der Waals surface area contributed by atoms with Gasteiger partial charge in [-0.15, -0.1) is 11.3 Å². The number of thiophene rings is 1. The summed E-state index contributed by atoms with van der Waals surface area (Å²) in [6.07, 6.45) is 6.25. The van der Waals surface area contributed by atoms with E-state index in [4.69, 9.17) is 5.11 Å². The largest absolute Gasteiger partial charge is 0.395 e. The standard InChI is InChI=1S/C17H23NO2S/c1-13-12-15(21-14(13)8-4-7-11-19)16(20)18-17(2)9-5-3-6-10-17/h12,19H,3,5-7,9-11H2,1-2H3,(H,18,20). The molecule has 0 aromatic carbocycles. The highest BCUT2D eigenvalue weighted by Gasteiger charge is 2.29. The van der Waals surface area contributed by atoms with Crippen molar-refractivity contribution in [3.8, 4) is 11.8 Å². The quantitative estimate of drug-likeness (QED) is 0.842. The van der Waals surface area contributed by atoms with Crippen LogP contribution in [-0.2, 0) is 0 Å². The number of hydrogen-bond acceptors (Lipinski definition) is 3. The van der Waals surface area contributed by atoms with Crippen molar-refractivity contribution in [3.05, 3.63) is 21.4 Å². The predicted octanol–water partition coefficient (Wildman–Crippen LogP) is 3.24. The Morgan fingerprint density at radius 1 is 1.43 bits per heavy atom. The third-order valence-corrected chi connectivity index (χ3v) is 5.10. The normalized spacial score (nSPS) is 16.9. The Hall–Kier alpha value is -1.31. The molecular weight excluding hydrogens is 282 g/mol. The van der Waals surface area contributed by atoms with Gasteiger partial charge in [-0.05, 0) is 38.3 Å². The lowest BCUT2D eigenvalue weighted by molar-refractivity contribution is 0.0887. The molecule has 0 aliphatic heterocycles. The van der Waals surface area contributed by atoms with Gasteiger partial charge in [0.25, 0.3) is 5.91 Å².